The van der Waals surface area contributed by atoms with Crippen molar-refractivity contribution in [2.24, 2.45) is 0 Å². The lowest BCUT2D eigenvalue weighted by Gasteiger charge is -2.12. The van der Waals surface area contributed by atoms with Gasteiger partial charge in [0.2, 0.25) is 0 Å². The third-order valence-electron chi connectivity index (χ3n) is 3.58. The number of rotatable bonds is 6. The van der Waals surface area contributed by atoms with Gasteiger partial charge in [0.05, 0.1) is 11.4 Å². The lowest BCUT2D eigenvalue weighted by Crippen LogP contribution is -2.27. The second-order valence-corrected chi connectivity index (χ2v) is 6.50. The summed E-state index contributed by atoms with van der Waals surface area (Å²) in [5.74, 6) is -1.04. The van der Waals surface area contributed by atoms with Crippen LogP contribution < -0.4 is 4.74 Å². The van der Waals surface area contributed by atoms with Crippen molar-refractivity contribution in [1.82, 2.24) is 4.90 Å². The first kappa shape index (κ1) is 17.8. The normalized spacial score (nSPS) is 15.5. The van der Waals surface area contributed by atoms with Gasteiger partial charge >= 0.3 is 5.97 Å². The Morgan fingerprint density at radius 1 is 1.12 bits per heavy atom. The Hall–Kier alpha value is -3.06. The number of ether oxygens (including phenoxy) is 1. The zero-order valence-corrected chi connectivity index (χ0v) is 14.4. The highest BCUT2D eigenvalue weighted by Gasteiger charge is 2.34. The van der Waals surface area contributed by atoms with Crippen LogP contribution in [-0.4, -0.2) is 33.7 Å². The summed E-state index contributed by atoms with van der Waals surface area (Å²) in [6.07, 6.45) is 1.60. The number of hydrogen-bond acceptors (Lipinski definition) is 5. The smallest absolute Gasteiger partial charge is 0.341 e. The molecule has 2 aromatic rings. The van der Waals surface area contributed by atoms with Gasteiger partial charge in [-0.1, -0.05) is 42.5 Å². The Labute approximate surface area is 154 Å². The van der Waals surface area contributed by atoms with E-state index in [4.69, 9.17) is 9.84 Å². The number of carbonyl (C=O) groups is 3. The van der Waals surface area contributed by atoms with Crippen molar-refractivity contribution < 1.29 is 24.2 Å². The highest BCUT2D eigenvalue weighted by atomic mass is 32.2. The zero-order valence-electron chi connectivity index (χ0n) is 13.6. The van der Waals surface area contributed by atoms with Crippen molar-refractivity contribution in [3.05, 3.63) is 70.6 Å². The second kappa shape index (κ2) is 7.88. The topological polar surface area (TPSA) is 83.9 Å². The first-order chi connectivity index (χ1) is 12.5. The van der Waals surface area contributed by atoms with Crippen LogP contribution in [0.4, 0.5) is 4.79 Å². The highest BCUT2D eigenvalue weighted by molar-refractivity contribution is 8.18. The quantitative estimate of drug-likeness (QED) is 0.786. The van der Waals surface area contributed by atoms with E-state index in [9.17, 15) is 14.4 Å². The fraction of sp³-hybridized carbons (Fsp3) is 0.105. The molecule has 0 atom stereocenters. The van der Waals surface area contributed by atoms with E-state index in [1.807, 2.05) is 30.3 Å². The fourth-order valence-corrected chi connectivity index (χ4v) is 3.23. The molecule has 3 rings (SSSR count). The lowest BCUT2D eigenvalue weighted by molar-refractivity contribution is -0.139. The minimum absolute atomic E-state index is 0.227. The third-order valence-corrected chi connectivity index (χ3v) is 4.48. The molecule has 1 N–H and O–H groups in total. The van der Waals surface area contributed by atoms with Gasteiger partial charge in [-0.3, -0.25) is 14.5 Å². The Balaban J connectivity index is 1.75. The predicted molar refractivity (Wildman–Crippen MR) is 97.5 cm³/mol. The summed E-state index contributed by atoms with van der Waals surface area (Å²) in [5.41, 5.74) is 1.53. The zero-order chi connectivity index (χ0) is 18.5. The van der Waals surface area contributed by atoms with Gasteiger partial charge < -0.3 is 9.84 Å². The molecule has 0 radical (unpaired) electrons. The number of hydrogen-bond donors (Lipinski definition) is 1. The van der Waals surface area contributed by atoms with Gasteiger partial charge in [0.1, 0.15) is 5.75 Å². The molecule has 7 heteroatoms. The summed E-state index contributed by atoms with van der Waals surface area (Å²) in [5, 5.41) is 8.34. The van der Waals surface area contributed by atoms with Gasteiger partial charge in [-0.2, -0.15) is 0 Å². The number of imide groups is 1. The third kappa shape index (κ3) is 4.31. The minimum atomic E-state index is -1.07. The number of amides is 2. The average Bonchev–Trinajstić information content (AvgIpc) is 2.89. The highest BCUT2D eigenvalue weighted by Crippen LogP contribution is 2.33. The van der Waals surface area contributed by atoms with Crippen molar-refractivity contribution in [3.63, 3.8) is 0 Å². The van der Waals surface area contributed by atoms with E-state index in [0.29, 0.717) is 16.2 Å². The van der Waals surface area contributed by atoms with E-state index in [1.165, 1.54) is 4.90 Å². The molecule has 1 saturated heterocycles. The predicted octanol–water partition coefficient (Wildman–Crippen LogP) is 3.39. The molecule has 0 spiro atoms. The lowest BCUT2D eigenvalue weighted by atomic mass is 10.2. The molecular formula is C19H15NO5S. The number of carboxylic acid groups (broad SMARTS) is 1. The molecule has 132 valence electrons. The molecule has 0 aromatic heterocycles. The largest absolute Gasteiger partial charge is 0.482 e. The number of carboxylic acids is 1. The van der Waals surface area contributed by atoms with Crippen molar-refractivity contribution in [2.45, 2.75) is 6.54 Å². The van der Waals surface area contributed by atoms with Crippen LogP contribution in [0.2, 0.25) is 0 Å². The van der Waals surface area contributed by atoms with Gasteiger partial charge in [-0.15, -0.1) is 0 Å². The summed E-state index contributed by atoms with van der Waals surface area (Å²) in [6.45, 7) is -0.221. The van der Waals surface area contributed by atoms with E-state index < -0.39 is 12.6 Å². The second-order valence-electron chi connectivity index (χ2n) is 5.51. The molecule has 1 heterocycles. The van der Waals surface area contributed by atoms with Crippen LogP contribution in [0.15, 0.2) is 59.5 Å². The van der Waals surface area contributed by atoms with E-state index >= 15 is 0 Å². The van der Waals surface area contributed by atoms with Crippen molar-refractivity contribution in [1.29, 1.82) is 0 Å². The van der Waals surface area contributed by atoms with Gasteiger partial charge in [0.15, 0.2) is 6.61 Å². The first-order valence-corrected chi connectivity index (χ1v) is 8.58. The maximum Gasteiger partial charge on any atom is 0.341 e. The maximum absolute atomic E-state index is 12.5. The molecule has 1 aliphatic heterocycles. The van der Waals surface area contributed by atoms with Gasteiger partial charge in [-0.05, 0) is 41.1 Å². The standard InChI is InChI=1S/C19H15NO5S/c21-17(22)12-25-15-8-4-7-14(9-15)10-16-18(23)20(19(24)26-16)11-13-5-2-1-3-6-13/h1-10H,11-12H2,(H,21,22)/b16-10-. The Bertz CT molecular complexity index is 879. The van der Waals surface area contributed by atoms with Crippen molar-refractivity contribution in [3.8, 4) is 5.75 Å². The van der Waals surface area contributed by atoms with Crippen LogP contribution in [-0.2, 0) is 16.1 Å². The average molecular weight is 369 g/mol. The SMILES string of the molecule is O=C(O)COc1cccc(/C=C2\SC(=O)N(Cc3ccccc3)C2=O)c1. The first-order valence-electron chi connectivity index (χ1n) is 7.77. The van der Waals surface area contributed by atoms with E-state index in [-0.39, 0.29) is 17.7 Å². The monoisotopic (exact) mass is 369 g/mol. The van der Waals surface area contributed by atoms with E-state index in [1.54, 1.807) is 30.3 Å². The fourth-order valence-electron chi connectivity index (χ4n) is 2.39. The van der Waals surface area contributed by atoms with E-state index in [0.717, 1.165) is 17.3 Å². The summed E-state index contributed by atoms with van der Waals surface area (Å²) in [7, 11) is 0. The molecule has 26 heavy (non-hydrogen) atoms. The van der Waals surface area contributed by atoms with Crippen LogP contribution in [0.5, 0.6) is 5.75 Å². The Kier molecular flexibility index (Phi) is 5.38. The number of carbonyl (C=O) groups excluding carboxylic acids is 2. The summed E-state index contributed by atoms with van der Waals surface area (Å²) in [6, 6.07) is 16.0. The molecule has 0 bridgehead atoms. The summed E-state index contributed by atoms with van der Waals surface area (Å²) >= 11 is 0.884. The Morgan fingerprint density at radius 3 is 2.62 bits per heavy atom. The van der Waals surface area contributed by atoms with Crippen LogP contribution >= 0.6 is 11.8 Å². The molecule has 6 nitrogen and oxygen atoms in total. The molecule has 0 unspecified atom stereocenters. The molecule has 2 aromatic carbocycles. The van der Waals surface area contributed by atoms with Crippen LogP contribution in [0.3, 0.4) is 0 Å². The number of aliphatic carboxylic acids is 1. The number of nitrogens with zero attached hydrogens (tertiary/aromatic N) is 1. The molecule has 2 amide bonds. The molecule has 0 saturated carbocycles. The summed E-state index contributed by atoms with van der Waals surface area (Å²) < 4.78 is 5.12. The maximum atomic E-state index is 12.5. The van der Waals surface area contributed by atoms with Crippen LogP contribution in [0, 0.1) is 0 Å². The number of benzene rings is 2. The van der Waals surface area contributed by atoms with Gasteiger partial charge in [0, 0.05) is 0 Å². The van der Waals surface area contributed by atoms with Crippen molar-refractivity contribution in [2.75, 3.05) is 6.61 Å². The molecule has 0 aliphatic carbocycles. The molecular weight excluding hydrogens is 354 g/mol. The van der Waals surface area contributed by atoms with Crippen LogP contribution in [0.1, 0.15) is 11.1 Å². The molecule has 1 aliphatic rings. The summed E-state index contributed by atoms with van der Waals surface area (Å²) in [4.78, 5) is 36.8. The van der Waals surface area contributed by atoms with Gasteiger partial charge in [-0.25, -0.2) is 4.79 Å². The van der Waals surface area contributed by atoms with Crippen molar-refractivity contribution >= 4 is 35.0 Å². The van der Waals surface area contributed by atoms with Gasteiger partial charge in [0.25, 0.3) is 11.1 Å². The number of thioether (sulfide) groups is 1. The minimum Gasteiger partial charge on any atom is -0.482 e. The Morgan fingerprint density at radius 2 is 1.88 bits per heavy atom. The van der Waals surface area contributed by atoms with E-state index in [2.05, 4.69) is 0 Å². The molecule has 1 fully saturated rings. The van der Waals surface area contributed by atoms with Crippen LogP contribution in [0.25, 0.3) is 6.08 Å².